The van der Waals surface area contributed by atoms with Gasteiger partial charge in [-0.2, -0.15) is 9.12 Å². The molecule has 1 unspecified atom stereocenters. The Balaban J connectivity index is 0.000000126. The molecule has 0 amide bonds. The summed E-state index contributed by atoms with van der Waals surface area (Å²) in [7, 11) is 2.45. The van der Waals surface area contributed by atoms with Gasteiger partial charge in [-0.1, -0.05) is 330 Å². The number of aromatic nitrogens is 7. The standard InChI is InChI=1S/C53H34N2.C33H18N3.C26H20N2.CH5BP.Ir/c1-2-16-44(17-3-1)55-50-21-11-10-20-49(50)54-53(55)38-26-22-37(23-27-38)41-30-31-47-48(34-41)52(43-29-25-36-13-5-7-15-40(36)33-43)46-19-9-8-18-45(46)51(47)42-28-24-35-12-4-6-14-39(35)32-42;1-7-22-19-23(8-1)29-14-5-16-31(35-29)25-10-3-12-27(21-25)33-18-6-17-32(36-33)26-11-2-9-24(20-26)30-15-4-13-28(22)34-30;1-17-15-23(19-9-5-3-6-10-19)21-13-14-22-24(20-11-7-4-8-12-20)16-18(2)28-26(22)25(21)27-17;1-2-3;/h1-34H;1-18H;3-16H,1-2H3;3H2,1H3;/q;-3;;;+3. The van der Waals surface area contributed by atoms with Gasteiger partial charge in [0.25, 0.3) is 0 Å². The van der Waals surface area contributed by atoms with E-state index in [2.05, 4.69) is 325 Å². The smallest absolute Gasteiger partial charge is 0.326 e. The minimum Gasteiger partial charge on any atom is -0.326 e. The molecular formula is C113H77BIrN7P. The molecule has 0 fully saturated rings. The average molecular weight is 1770 g/mol. The predicted octanol–water partition coefficient (Wildman–Crippen LogP) is 29.4. The van der Waals surface area contributed by atoms with E-state index in [1.165, 1.54) is 93.2 Å². The van der Waals surface area contributed by atoms with Crippen molar-refractivity contribution in [3.63, 3.8) is 0 Å². The van der Waals surface area contributed by atoms with Gasteiger partial charge in [0.15, 0.2) is 0 Å². The molecule has 7 heterocycles. The molecule has 0 aliphatic carbocycles. The fourth-order valence-electron chi connectivity index (χ4n) is 17.0. The first-order chi connectivity index (χ1) is 60.2. The van der Waals surface area contributed by atoms with Crippen molar-refractivity contribution in [1.29, 1.82) is 0 Å². The van der Waals surface area contributed by atoms with Crippen LogP contribution in [-0.4, -0.2) is 41.5 Å². The summed E-state index contributed by atoms with van der Waals surface area (Å²) in [6.07, 6.45) is 0. The molecule has 0 aliphatic rings. The summed E-state index contributed by atoms with van der Waals surface area (Å²) in [5.74, 6) is 0.933. The molecule has 581 valence electrons. The number of hydrogen-bond donors (Lipinski definition) is 0. The molecule has 0 saturated carbocycles. The second-order valence-electron chi connectivity index (χ2n) is 30.6. The first kappa shape index (κ1) is 78.3. The summed E-state index contributed by atoms with van der Waals surface area (Å²) in [6.45, 7) is 7.99. The molecule has 0 spiro atoms. The largest absolute Gasteiger partial charge is 3.00 e. The van der Waals surface area contributed by atoms with Crippen molar-refractivity contribution in [2.45, 2.75) is 20.7 Å². The van der Waals surface area contributed by atoms with Crippen molar-refractivity contribution >= 4 is 157 Å². The zero-order valence-corrected chi connectivity index (χ0v) is 71.3. The maximum atomic E-state index is 5.12. The molecule has 23 rings (SSSR count). The van der Waals surface area contributed by atoms with Gasteiger partial charge in [0.05, 0.1) is 22.1 Å². The van der Waals surface area contributed by atoms with E-state index in [1.54, 1.807) is 0 Å². The third-order valence-corrected chi connectivity index (χ3v) is 22.6. The molecule has 0 aliphatic heterocycles. The Kier molecular flexibility index (Phi) is 22.1. The third-order valence-electron chi connectivity index (χ3n) is 22.6. The predicted molar refractivity (Wildman–Crippen MR) is 519 cm³/mol. The number of aryl methyl sites for hydroxylation is 2. The van der Waals surface area contributed by atoms with Crippen LogP contribution in [0.5, 0.6) is 0 Å². The van der Waals surface area contributed by atoms with Gasteiger partial charge in [0, 0.05) is 33.4 Å². The Bertz CT molecular complexity index is 7490. The molecule has 0 saturated heterocycles. The second-order valence-corrected chi connectivity index (χ2v) is 31.2. The van der Waals surface area contributed by atoms with Crippen LogP contribution in [0.1, 0.15) is 11.4 Å². The maximum Gasteiger partial charge on any atom is 3.00 e. The maximum absolute atomic E-state index is 5.12. The molecule has 23 aromatic rings. The van der Waals surface area contributed by atoms with E-state index in [0.717, 1.165) is 132 Å². The minimum absolute atomic E-state index is 0. The van der Waals surface area contributed by atoms with E-state index in [4.69, 9.17) is 29.9 Å². The van der Waals surface area contributed by atoms with Crippen molar-refractivity contribution in [2.24, 2.45) is 0 Å². The first-order valence-corrected chi connectivity index (χ1v) is 41.8. The number of rotatable bonds is 7. The first-order valence-electron chi connectivity index (χ1n) is 41.1. The fraction of sp³-hybridized carbons (Fsp3) is 0.0265. The molecule has 1 radical (unpaired) electrons. The summed E-state index contributed by atoms with van der Waals surface area (Å²) in [6, 6.07) is 152. The van der Waals surface area contributed by atoms with Gasteiger partial charge in [-0.15, -0.1) is 72.8 Å². The fourth-order valence-corrected chi connectivity index (χ4v) is 17.0. The molecule has 7 aromatic heterocycles. The molecule has 1 atom stereocenters. The van der Waals surface area contributed by atoms with Crippen LogP contribution in [0.15, 0.2) is 400 Å². The second kappa shape index (κ2) is 34.6. The Morgan fingerprint density at radius 1 is 0.252 bits per heavy atom. The number of benzene rings is 16. The number of imidazole rings is 1. The number of pyridine rings is 5. The average Bonchev–Trinajstić information content (AvgIpc) is 1.20. The van der Waals surface area contributed by atoms with E-state index in [9.17, 15) is 0 Å². The Morgan fingerprint density at radius 3 is 1.03 bits per heavy atom. The molecule has 0 N–H and O–H groups in total. The van der Waals surface area contributed by atoms with Crippen molar-refractivity contribution < 1.29 is 20.1 Å². The normalized spacial score (nSPS) is 11.2. The van der Waals surface area contributed by atoms with Crippen LogP contribution in [-0.2, 0) is 20.1 Å². The van der Waals surface area contributed by atoms with E-state index in [-0.39, 0.29) is 20.1 Å². The number of nitrogens with zero attached hydrogens (tertiary/aromatic N) is 7. The SMILES string of the molecule is C[B]P.Cc1cc(-c2ccccc2)c2ccc3c(-c4ccccc4)cc(C)nc3c2n1.[Ir+3].[c-]1c2cccc1c1cccc(n1)c1[c-]c(ccc1)c1cccc(n1)c1[c-]c(ccc1)c1cccc2n1.c1ccc(-n2c(-c3ccc(-c4ccc5c(-c6ccc7ccccc7c6)c6ccccc6c(-c6ccc7ccccc7c6)c5c4)cc3)nc3ccccc32)cc1. The Morgan fingerprint density at radius 2 is 0.585 bits per heavy atom. The van der Waals surface area contributed by atoms with E-state index in [0.29, 0.717) is 0 Å². The summed E-state index contributed by atoms with van der Waals surface area (Å²) in [5, 5.41) is 17.8. The van der Waals surface area contributed by atoms with Crippen LogP contribution >= 0.6 is 9.12 Å². The number of para-hydroxylation sites is 3. The van der Waals surface area contributed by atoms with Gasteiger partial charge in [-0.3, -0.25) is 14.5 Å². The Hall–Kier alpha value is -14.6. The van der Waals surface area contributed by atoms with Gasteiger partial charge >= 0.3 is 20.1 Å². The minimum atomic E-state index is 0. The van der Waals surface area contributed by atoms with Gasteiger partial charge in [-0.05, 0) is 200 Å². The number of hydrogen-bond acceptors (Lipinski definition) is 6. The molecular weight excluding hydrogens is 1690 g/mol. The van der Waals surface area contributed by atoms with Crippen LogP contribution < -0.4 is 0 Å². The van der Waals surface area contributed by atoms with Crippen LogP contribution in [0.4, 0.5) is 0 Å². The topological polar surface area (TPSA) is 82.3 Å². The van der Waals surface area contributed by atoms with E-state index < -0.39 is 0 Å². The monoisotopic (exact) mass is 1770 g/mol. The summed E-state index contributed by atoms with van der Waals surface area (Å²) in [4.78, 5) is 29.8. The Labute approximate surface area is 729 Å². The van der Waals surface area contributed by atoms with E-state index >= 15 is 0 Å². The van der Waals surface area contributed by atoms with Gasteiger partial charge in [-0.25, -0.2) is 4.98 Å². The van der Waals surface area contributed by atoms with Crippen LogP contribution in [0.25, 0.3) is 214 Å². The number of fused-ring (bicyclic) bond motifs is 26. The zero-order chi connectivity index (χ0) is 82.0. The summed E-state index contributed by atoms with van der Waals surface area (Å²) < 4.78 is 2.26. The molecule has 16 aromatic carbocycles. The summed E-state index contributed by atoms with van der Waals surface area (Å²) >= 11 is 0. The third kappa shape index (κ3) is 15.7. The molecule has 10 heteroatoms. The van der Waals surface area contributed by atoms with Crippen LogP contribution in [0.2, 0.25) is 6.82 Å². The van der Waals surface area contributed by atoms with Crippen molar-refractivity contribution in [3.05, 3.63) is 430 Å². The van der Waals surface area contributed by atoms with Gasteiger partial charge < -0.3 is 15.0 Å². The molecule has 123 heavy (non-hydrogen) atoms. The van der Waals surface area contributed by atoms with Gasteiger partial charge in [0.1, 0.15) is 12.8 Å². The zero-order valence-electron chi connectivity index (χ0n) is 67.7. The molecule has 12 bridgehead atoms. The van der Waals surface area contributed by atoms with Crippen molar-refractivity contribution in [2.75, 3.05) is 0 Å². The summed E-state index contributed by atoms with van der Waals surface area (Å²) in [5.41, 5.74) is 25.4. The van der Waals surface area contributed by atoms with Gasteiger partial charge in [0.2, 0.25) is 0 Å². The molecule has 7 nitrogen and oxygen atoms in total. The van der Waals surface area contributed by atoms with Crippen LogP contribution in [0, 0.1) is 32.0 Å². The van der Waals surface area contributed by atoms with Crippen molar-refractivity contribution in [3.8, 4) is 72.7 Å². The van der Waals surface area contributed by atoms with E-state index in [1.807, 2.05) is 135 Å². The van der Waals surface area contributed by atoms with Crippen LogP contribution in [0.3, 0.4) is 0 Å². The quantitative estimate of drug-likeness (QED) is 0.0520. The van der Waals surface area contributed by atoms with Crippen molar-refractivity contribution in [1.82, 2.24) is 34.5 Å².